The zero-order chi connectivity index (χ0) is 26.0. The van der Waals surface area contributed by atoms with Gasteiger partial charge in [-0.1, -0.05) is 6.92 Å². The van der Waals surface area contributed by atoms with E-state index in [-0.39, 0.29) is 47.6 Å². The summed E-state index contributed by atoms with van der Waals surface area (Å²) >= 11 is 0. The highest BCUT2D eigenvalue weighted by Crippen LogP contribution is 2.41. The number of hydrogen-bond donors (Lipinski definition) is 5. The number of phosphoric acid groups is 1. The van der Waals surface area contributed by atoms with Gasteiger partial charge in [-0.15, -0.1) is 0 Å². The molecule has 2 aliphatic heterocycles. The molecule has 0 unspecified atom stereocenters. The second-order valence-corrected chi connectivity index (χ2v) is 9.70. The van der Waals surface area contributed by atoms with Gasteiger partial charge in [0, 0.05) is 29.6 Å². The highest BCUT2D eigenvalue weighted by molar-refractivity contribution is 7.46. The maximum Gasteiger partial charge on any atom is 0.471 e. The molecule has 2 aliphatic rings. The monoisotopic (exact) mass is 520 g/mol. The molecular weight excluding hydrogens is 498 g/mol. The van der Waals surface area contributed by atoms with Gasteiger partial charge in [0.15, 0.2) is 11.4 Å². The predicted octanol–water partition coefficient (Wildman–Crippen LogP) is 1.74. The number of carbonyl (C=O) groups excluding carboxylic acids is 1. The minimum Gasteiger partial charge on any atom is -0.458 e. The molecule has 5 N–H and O–H groups in total. The number of phosphoric ester groups is 1. The molecule has 4 heterocycles. The van der Waals surface area contributed by atoms with Gasteiger partial charge < -0.3 is 34.8 Å². The summed E-state index contributed by atoms with van der Waals surface area (Å²) in [7, 11) is -3.21. The third-order valence-corrected chi connectivity index (χ3v) is 6.96. The third-order valence-electron chi connectivity index (χ3n) is 6.50. The number of esters is 1. The Morgan fingerprint density at radius 3 is 2.69 bits per heavy atom. The number of benzene rings is 1. The SMILES string of the molecule is CC[C@@]1(O)C(=O)OCc2c1cc1n(c2=O)Cc2cc3c(NC)c(NCOP(=O)(O)O)c(F)cc3nc2-1. The van der Waals surface area contributed by atoms with E-state index < -0.39 is 37.5 Å². The molecule has 36 heavy (non-hydrogen) atoms. The Hall–Kier alpha value is -3.35. The number of nitrogens with one attached hydrogen (secondary N) is 2. The van der Waals surface area contributed by atoms with Gasteiger partial charge in [-0.25, -0.2) is 18.7 Å². The van der Waals surface area contributed by atoms with Crippen molar-refractivity contribution in [3.05, 3.63) is 51.1 Å². The molecule has 2 aromatic heterocycles. The lowest BCUT2D eigenvalue weighted by molar-refractivity contribution is -0.172. The van der Waals surface area contributed by atoms with Crippen LogP contribution in [0.3, 0.4) is 0 Å². The summed E-state index contributed by atoms with van der Waals surface area (Å²) in [5.41, 5.74) is -0.103. The lowest BCUT2D eigenvalue weighted by atomic mass is 9.86. The zero-order valence-electron chi connectivity index (χ0n) is 19.2. The molecule has 0 amide bonds. The summed E-state index contributed by atoms with van der Waals surface area (Å²) in [6.45, 7) is 0.873. The van der Waals surface area contributed by atoms with E-state index in [9.17, 15) is 23.7 Å². The van der Waals surface area contributed by atoms with Crippen molar-refractivity contribution < 1.29 is 37.9 Å². The Bertz CT molecular complexity index is 1550. The molecule has 5 rings (SSSR count). The molecule has 1 aromatic carbocycles. The highest BCUT2D eigenvalue weighted by atomic mass is 31.2. The second-order valence-electron chi connectivity index (χ2n) is 8.47. The van der Waals surface area contributed by atoms with E-state index in [4.69, 9.17) is 14.5 Å². The highest BCUT2D eigenvalue weighted by Gasteiger charge is 2.45. The number of nitrogens with zero attached hydrogens (tertiary/aromatic N) is 2. The first kappa shape index (κ1) is 24.3. The average molecular weight is 520 g/mol. The topological polar surface area (TPSA) is 172 Å². The number of pyridine rings is 2. The Morgan fingerprint density at radius 1 is 1.28 bits per heavy atom. The molecule has 0 saturated carbocycles. The van der Waals surface area contributed by atoms with E-state index in [1.54, 1.807) is 26.1 Å². The normalized spacial score (nSPS) is 18.4. The Morgan fingerprint density at radius 2 is 2.03 bits per heavy atom. The Labute approximate surface area is 202 Å². The van der Waals surface area contributed by atoms with Crippen LogP contribution in [0.4, 0.5) is 15.8 Å². The van der Waals surface area contributed by atoms with Crippen molar-refractivity contribution in [1.29, 1.82) is 0 Å². The first-order valence-corrected chi connectivity index (χ1v) is 12.5. The van der Waals surface area contributed by atoms with Crippen molar-refractivity contribution in [3.63, 3.8) is 0 Å². The molecule has 0 fully saturated rings. The van der Waals surface area contributed by atoms with Gasteiger partial charge in [-0.05, 0) is 18.6 Å². The molecule has 190 valence electrons. The van der Waals surface area contributed by atoms with Crippen LogP contribution in [-0.4, -0.2) is 44.2 Å². The fraction of sp³-hybridized carbons (Fsp3) is 0.318. The molecule has 0 bridgehead atoms. The summed E-state index contributed by atoms with van der Waals surface area (Å²) < 4.78 is 36.8. The van der Waals surface area contributed by atoms with Gasteiger partial charge in [0.1, 0.15) is 13.3 Å². The van der Waals surface area contributed by atoms with E-state index in [0.717, 1.165) is 6.07 Å². The molecule has 0 aliphatic carbocycles. The van der Waals surface area contributed by atoms with Crippen LogP contribution < -0.4 is 16.2 Å². The maximum atomic E-state index is 15.0. The number of cyclic esters (lactones) is 1. The van der Waals surface area contributed by atoms with Crippen LogP contribution in [0.1, 0.15) is 30.0 Å². The summed E-state index contributed by atoms with van der Waals surface area (Å²) in [6, 6.07) is 4.45. The number of anilines is 2. The summed E-state index contributed by atoms with van der Waals surface area (Å²) in [4.78, 5) is 47.9. The van der Waals surface area contributed by atoms with E-state index in [1.807, 2.05) is 0 Å². The molecule has 3 aromatic rings. The van der Waals surface area contributed by atoms with E-state index in [1.165, 1.54) is 4.57 Å². The number of halogens is 1. The Kier molecular flexibility index (Phi) is 5.65. The van der Waals surface area contributed by atoms with Crippen molar-refractivity contribution in [1.82, 2.24) is 9.55 Å². The van der Waals surface area contributed by atoms with Gasteiger partial charge in [-0.2, -0.15) is 0 Å². The van der Waals surface area contributed by atoms with Crippen LogP contribution in [0.25, 0.3) is 22.3 Å². The maximum absolute atomic E-state index is 15.0. The molecule has 0 saturated heterocycles. The Balaban J connectivity index is 1.65. The third kappa shape index (κ3) is 3.67. The number of rotatable bonds is 6. The molecular formula is C22H22FN4O8P. The smallest absolute Gasteiger partial charge is 0.458 e. The standard InChI is InChI=1S/C22H22FN4O8P/c1-3-22(30)13-5-16-17-10(7-27(16)20(28)12(13)8-34-21(22)29)4-11-15(26-17)6-14(23)19(18(11)24-2)25-9-35-36(31,32)33/h4-6,24-25,30H,3,7-9H2,1-2H3,(H2,31,32,33)/t22-/m0/s1. The van der Waals surface area contributed by atoms with Gasteiger partial charge >= 0.3 is 13.8 Å². The number of aliphatic hydroxyl groups is 1. The predicted molar refractivity (Wildman–Crippen MR) is 126 cm³/mol. The minimum atomic E-state index is -4.76. The number of hydrogen-bond acceptors (Lipinski definition) is 9. The van der Waals surface area contributed by atoms with Crippen molar-refractivity contribution in [3.8, 4) is 11.4 Å². The number of aromatic nitrogens is 2. The fourth-order valence-corrected chi connectivity index (χ4v) is 4.94. The quantitative estimate of drug-likeness (QED) is 0.142. The van der Waals surface area contributed by atoms with Gasteiger partial charge in [0.05, 0.1) is 40.4 Å². The lowest BCUT2D eigenvalue weighted by Gasteiger charge is -2.31. The summed E-state index contributed by atoms with van der Waals surface area (Å²) in [5, 5.41) is 16.9. The van der Waals surface area contributed by atoms with Crippen molar-refractivity contribution in [2.45, 2.75) is 32.1 Å². The van der Waals surface area contributed by atoms with Crippen LogP contribution >= 0.6 is 7.82 Å². The van der Waals surface area contributed by atoms with Crippen LogP contribution in [-0.2, 0) is 37.4 Å². The molecule has 0 radical (unpaired) electrons. The zero-order valence-corrected chi connectivity index (χ0v) is 20.1. The second kappa shape index (κ2) is 8.36. The van der Waals surface area contributed by atoms with E-state index in [0.29, 0.717) is 22.3 Å². The molecule has 0 spiro atoms. The number of carbonyl (C=O) groups is 1. The molecule has 1 atom stereocenters. The first-order valence-electron chi connectivity index (χ1n) is 10.9. The largest absolute Gasteiger partial charge is 0.471 e. The van der Waals surface area contributed by atoms with E-state index >= 15 is 0 Å². The molecule has 12 nitrogen and oxygen atoms in total. The average Bonchev–Trinajstić information content (AvgIpc) is 3.18. The number of ether oxygens (including phenoxy) is 1. The summed E-state index contributed by atoms with van der Waals surface area (Å²) in [5.74, 6) is -1.58. The summed E-state index contributed by atoms with van der Waals surface area (Å²) in [6.07, 6.45) is 0.0119. The van der Waals surface area contributed by atoms with Crippen LogP contribution in [0.2, 0.25) is 0 Å². The van der Waals surface area contributed by atoms with Crippen LogP contribution in [0, 0.1) is 5.82 Å². The van der Waals surface area contributed by atoms with Crippen LogP contribution in [0.5, 0.6) is 0 Å². The molecule has 14 heteroatoms. The number of fused-ring (bicyclic) bond motifs is 5. The first-order chi connectivity index (χ1) is 17.0. The van der Waals surface area contributed by atoms with E-state index in [2.05, 4.69) is 20.1 Å². The minimum absolute atomic E-state index is 0.0119. The van der Waals surface area contributed by atoms with Crippen molar-refractivity contribution in [2.75, 3.05) is 24.4 Å². The van der Waals surface area contributed by atoms with Gasteiger partial charge in [0.25, 0.3) is 5.56 Å². The van der Waals surface area contributed by atoms with Crippen LogP contribution in [0.15, 0.2) is 23.0 Å². The lowest BCUT2D eigenvalue weighted by Crippen LogP contribution is -2.44. The van der Waals surface area contributed by atoms with Crippen molar-refractivity contribution in [2.24, 2.45) is 0 Å². The van der Waals surface area contributed by atoms with Gasteiger partial charge in [0.2, 0.25) is 0 Å². The fourth-order valence-electron chi connectivity index (χ4n) is 4.71. The van der Waals surface area contributed by atoms with Crippen molar-refractivity contribution >= 4 is 36.1 Å². The van der Waals surface area contributed by atoms with Gasteiger partial charge in [-0.3, -0.25) is 9.32 Å².